The van der Waals surface area contributed by atoms with Crippen molar-refractivity contribution in [1.29, 1.82) is 0 Å². The minimum absolute atomic E-state index is 0. The van der Waals surface area contributed by atoms with Crippen molar-refractivity contribution in [3.63, 3.8) is 0 Å². The van der Waals surface area contributed by atoms with Gasteiger partial charge in [-0.05, 0) is 0 Å². The normalized spacial score (nSPS) is 11.1. The Morgan fingerprint density at radius 1 is 0.514 bits per heavy atom. The molecule has 0 aliphatic rings. The van der Waals surface area contributed by atoms with Gasteiger partial charge in [-0.15, -0.1) is 0 Å². The molecule has 0 saturated carbocycles. The van der Waals surface area contributed by atoms with Gasteiger partial charge in [0, 0.05) is 49.6 Å². The Kier molecular flexibility index (Phi) is 25.5. The molecule has 25 heteroatoms. The molecule has 0 unspecified atom stereocenters. The van der Waals surface area contributed by atoms with Crippen LogP contribution in [0.2, 0.25) is 0 Å². The van der Waals surface area contributed by atoms with Crippen LogP contribution in [0.1, 0.15) is 25.7 Å². The summed E-state index contributed by atoms with van der Waals surface area (Å²) in [6.45, 7) is 0. The van der Waals surface area contributed by atoms with Crippen molar-refractivity contribution in [1.82, 2.24) is 0 Å². The second-order valence-electron chi connectivity index (χ2n) is 5.92. The topological polar surface area (TPSA) is 374 Å². The van der Waals surface area contributed by atoms with E-state index in [0.29, 0.717) is 0 Å². The molecule has 0 bridgehead atoms. The van der Waals surface area contributed by atoms with Crippen molar-refractivity contribution in [2.24, 2.45) is 0 Å². The maximum Gasteiger partial charge on any atom is 2.00 e. The molecule has 37 heavy (non-hydrogen) atoms. The van der Waals surface area contributed by atoms with Crippen molar-refractivity contribution in [2.45, 2.75) is 36.9 Å². The predicted octanol–water partition coefficient (Wildman–Crippen LogP) is -11.4. The molecule has 0 spiro atoms. The van der Waals surface area contributed by atoms with E-state index in [1.54, 1.807) is 0 Å². The molecular formula is C12H12Ca3O20P2. The van der Waals surface area contributed by atoms with Crippen LogP contribution in [0.15, 0.2) is 0 Å². The Balaban J connectivity index is -0.000000171. The molecule has 196 valence electrons. The summed E-state index contributed by atoms with van der Waals surface area (Å²) in [7, 11) is -10.9. The number of phosphoric ester groups is 2. The molecule has 0 radical (unpaired) electrons. The average Bonchev–Trinajstić information content (AvgIpc) is 2.48. The summed E-state index contributed by atoms with van der Waals surface area (Å²) in [4.78, 5) is 95.8. The number of phosphoric acid groups is 2. The summed E-state index contributed by atoms with van der Waals surface area (Å²) in [6, 6.07) is 0. The second-order valence-corrected chi connectivity index (χ2v) is 8.25. The molecule has 4 N–H and O–H groups in total. The van der Waals surface area contributed by atoms with Crippen LogP contribution in [-0.4, -0.2) is 180 Å². The van der Waals surface area contributed by atoms with E-state index < -0.39 is 88.3 Å². The second kappa shape index (κ2) is 19.8. The SMILES string of the molecule is O=C([O-])CC(CC(=O)[O-])(OP(=O)(O)O)C(=O)[O-].O=C([O-])CC(CC(=O)[O-])(OP(=O)(O)O)C(=O)[O-].[Ca+2].[Ca+2].[Ca+2]. The fraction of sp³-hybridized carbons (Fsp3) is 0.500. The maximum atomic E-state index is 10.6. The van der Waals surface area contributed by atoms with E-state index in [-0.39, 0.29) is 113 Å². The summed E-state index contributed by atoms with van der Waals surface area (Å²) in [5, 5.41) is 62.2. The molecule has 0 heterocycles. The number of rotatable bonds is 14. The first-order valence-electron chi connectivity index (χ1n) is 7.72. The smallest absolute Gasteiger partial charge is 0.550 e. The summed E-state index contributed by atoms with van der Waals surface area (Å²) < 4.78 is 28.3. The van der Waals surface area contributed by atoms with Gasteiger partial charge < -0.3 is 79.0 Å². The zero-order valence-electron chi connectivity index (χ0n) is 18.2. The quantitative estimate of drug-likeness (QED) is 0.0993. The maximum absolute atomic E-state index is 10.6. The Bertz CT molecular complexity index is 818. The number of aliphatic carboxylic acids is 6. The predicted molar refractivity (Wildman–Crippen MR) is 97.5 cm³/mol. The van der Waals surface area contributed by atoms with Gasteiger partial charge in [0.1, 0.15) is 11.2 Å². The van der Waals surface area contributed by atoms with Gasteiger partial charge in [0.25, 0.3) is 0 Å². The van der Waals surface area contributed by atoms with Gasteiger partial charge in [-0.2, -0.15) is 0 Å². The van der Waals surface area contributed by atoms with Gasteiger partial charge >= 0.3 is 129 Å². The molecule has 0 amide bonds. The number of carboxylic acids is 6. The zero-order valence-corrected chi connectivity index (χ0v) is 26.6. The molecule has 0 saturated heterocycles. The molecule has 0 aliphatic carbocycles. The average molecular weight is 658 g/mol. The molecule has 0 atom stereocenters. The minimum Gasteiger partial charge on any atom is -0.550 e. The summed E-state index contributed by atoms with van der Waals surface area (Å²) in [6.07, 6.45) is -6.47. The molecule has 0 aromatic rings. The van der Waals surface area contributed by atoms with Crippen molar-refractivity contribution in [3.05, 3.63) is 0 Å². The summed E-state index contributed by atoms with van der Waals surface area (Å²) >= 11 is 0. The first-order valence-corrected chi connectivity index (χ1v) is 10.8. The van der Waals surface area contributed by atoms with E-state index in [2.05, 4.69) is 9.05 Å². The van der Waals surface area contributed by atoms with E-state index in [1.807, 2.05) is 0 Å². The van der Waals surface area contributed by atoms with E-state index in [0.717, 1.165) is 0 Å². The van der Waals surface area contributed by atoms with Gasteiger partial charge in [-0.1, -0.05) is 0 Å². The Morgan fingerprint density at radius 3 is 0.757 bits per heavy atom. The fourth-order valence-corrected chi connectivity index (χ4v) is 3.32. The van der Waals surface area contributed by atoms with Crippen molar-refractivity contribution in [2.75, 3.05) is 0 Å². The monoisotopic (exact) mass is 658 g/mol. The summed E-state index contributed by atoms with van der Waals surface area (Å²) in [5.74, 6) is -13.2. The van der Waals surface area contributed by atoms with Crippen LogP contribution in [-0.2, 0) is 46.9 Å². The summed E-state index contributed by atoms with van der Waals surface area (Å²) in [5.41, 5.74) is -6.51. The molecule has 20 nitrogen and oxygen atoms in total. The van der Waals surface area contributed by atoms with Crippen LogP contribution in [0.4, 0.5) is 0 Å². The van der Waals surface area contributed by atoms with Crippen LogP contribution in [0.3, 0.4) is 0 Å². The van der Waals surface area contributed by atoms with Gasteiger partial charge in [-0.3, -0.25) is 9.05 Å². The Hall–Kier alpha value is 0.819. The first-order chi connectivity index (χ1) is 15.0. The largest absolute Gasteiger partial charge is 2.00 e. The number of hydrogen-bond donors (Lipinski definition) is 4. The van der Waals surface area contributed by atoms with Gasteiger partial charge in [0.2, 0.25) is 0 Å². The van der Waals surface area contributed by atoms with Crippen LogP contribution in [0, 0.1) is 0 Å². The third kappa shape index (κ3) is 22.2. The Labute approximate surface area is 294 Å². The van der Waals surface area contributed by atoms with E-state index in [9.17, 15) is 68.5 Å². The van der Waals surface area contributed by atoms with Crippen LogP contribution < -0.4 is 30.6 Å². The van der Waals surface area contributed by atoms with Gasteiger partial charge in [0.05, 0.1) is 11.9 Å². The number of hydrogen-bond acceptors (Lipinski definition) is 16. The molecule has 0 rings (SSSR count). The van der Waals surface area contributed by atoms with E-state index in [1.165, 1.54) is 0 Å². The molecule has 0 fully saturated rings. The first kappa shape index (κ1) is 47.6. The third-order valence-electron chi connectivity index (χ3n) is 3.05. The number of carbonyl (C=O) groups is 6. The van der Waals surface area contributed by atoms with Gasteiger partial charge in [-0.25, -0.2) is 9.13 Å². The van der Waals surface area contributed by atoms with Crippen molar-refractivity contribution >= 4 is 165 Å². The van der Waals surface area contributed by atoms with Crippen LogP contribution in [0.25, 0.3) is 0 Å². The van der Waals surface area contributed by atoms with E-state index in [4.69, 9.17) is 19.6 Å². The van der Waals surface area contributed by atoms with Crippen LogP contribution in [0.5, 0.6) is 0 Å². The number of carbonyl (C=O) groups excluding carboxylic acids is 6. The van der Waals surface area contributed by atoms with E-state index >= 15 is 0 Å². The molecule has 0 aliphatic heterocycles. The zero-order chi connectivity index (χ0) is 27.7. The number of carboxylic acid groups (broad SMARTS) is 6. The van der Waals surface area contributed by atoms with Gasteiger partial charge in [0.15, 0.2) is 0 Å². The standard InChI is InChI=1S/2C6H9O10P.3Ca/c2*7-3(8)1-6(5(11)12,2-4(9)10)16-17(13,14)15;;;/h2*1-2H2,(H,7,8)(H,9,10)(H,11,12)(H2,13,14,15);;;/q;;3*+2/p-6. The third-order valence-corrected chi connectivity index (χ3v) is 4.23. The van der Waals surface area contributed by atoms with Crippen molar-refractivity contribution < 1.29 is 97.2 Å². The fourth-order valence-electron chi connectivity index (χ4n) is 2.01. The molecule has 0 aromatic heterocycles. The molecular weight excluding hydrogens is 646 g/mol. The Morgan fingerprint density at radius 2 is 0.676 bits per heavy atom. The van der Waals surface area contributed by atoms with Crippen LogP contribution >= 0.6 is 15.6 Å². The molecule has 0 aromatic carbocycles. The minimum atomic E-state index is -5.46. The van der Waals surface area contributed by atoms with Crippen molar-refractivity contribution in [3.8, 4) is 0 Å².